The second-order valence-corrected chi connectivity index (χ2v) is 5.45. The van der Waals surface area contributed by atoms with Crippen LogP contribution in [0.25, 0.3) is 6.08 Å². The molecule has 2 rings (SSSR count). The first-order chi connectivity index (χ1) is 8.25. The first kappa shape index (κ1) is 12.0. The molecular weight excluding hydrogens is 224 g/mol. The maximum Gasteiger partial charge on any atom is 0.165 e. The highest BCUT2D eigenvalue weighted by Crippen LogP contribution is 2.19. The van der Waals surface area contributed by atoms with Crippen molar-refractivity contribution >= 4 is 17.8 Å². The zero-order chi connectivity index (χ0) is 12.1. The van der Waals surface area contributed by atoms with Crippen LogP contribution in [0.1, 0.15) is 19.4 Å². The average molecular weight is 241 g/mol. The number of benzene rings is 2. The molecule has 0 aliphatic heterocycles. The molecule has 0 nitrogen and oxygen atoms in total. The SMILES string of the molecule is CC(C)=Cc1ccccc1[SH+]c1ccccc1. The van der Waals surface area contributed by atoms with Crippen LogP contribution in [0.2, 0.25) is 0 Å². The van der Waals surface area contributed by atoms with Crippen molar-refractivity contribution in [2.75, 3.05) is 0 Å². The molecule has 2 aromatic rings. The van der Waals surface area contributed by atoms with Gasteiger partial charge in [-0.3, -0.25) is 0 Å². The van der Waals surface area contributed by atoms with Gasteiger partial charge in [-0.05, 0) is 38.1 Å². The van der Waals surface area contributed by atoms with Gasteiger partial charge in [-0.15, -0.1) is 0 Å². The van der Waals surface area contributed by atoms with Crippen LogP contribution < -0.4 is 0 Å². The van der Waals surface area contributed by atoms with Gasteiger partial charge in [0.1, 0.15) is 0 Å². The third kappa shape index (κ3) is 3.50. The first-order valence-corrected chi connectivity index (χ1v) is 6.66. The van der Waals surface area contributed by atoms with Crippen LogP contribution in [-0.4, -0.2) is 0 Å². The van der Waals surface area contributed by atoms with Gasteiger partial charge in [0.15, 0.2) is 9.79 Å². The summed E-state index contributed by atoms with van der Waals surface area (Å²) in [4.78, 5) is 2.70. The molecule has 0 heterocycles. The Kier molecular flexibility index (Phi) is 4.05. The van der Waals surface area contributed by atoms with Crippen molar-refractivity contribution in [1.82, 2.24) is 0 Å². The molecule has 0 bridgehead atoms. The number of allylic oxidation sites excluding steroid dienone is 1. The Morgan fingerprint density at radius 3 is 2.24 bits per heavy atom. The highest BCUT2D eigenvalue weighted by Gasteiger charge is 2.09. The van der Waals surface area contributed by atoms with E-state index in [2.05, 4.69) is 74.5 Å². The molecule has 0 amide bonds. The molecule has 0 N–H and O–H groups in total. The molecule has 86 valence electrons. The normalized spacial score (nSPS) is 10.0. The Balaban J connectivity index is 2.30. The lowest BCUT2D eigenvalue weighted by molar-refractivity contribution is 1.35. The second kappa shape index (κ2) is 5.74. The number of hydrogen-bond acceptors (Lipinski definition) is 0. The monoisotopic (exact) mass is 241 g/mol. The van der Waals surface area contributed by atoms with Gasteiger partial charge in [0.05, 0.1) is 0 Å². The lowest BCUT2D eigenvalue weighted by atomic mass is 10.1. The molecule has 0 fully saturated rings. The predicted molar refractivity (Wildman–Crippen MR) is 77.5 cm³/mol. The second-order valence-electron chi connectivity index (χ2n) is 4.23. The van der Waals surface area contributed by atoms with Gasteiger partial charge in [-0.1, -0.05) is 42.0 Å². The van der Waals surface area contributed by atoms with Crippen molar-refractivity contribution in [2.45, 2.75) is 23.6 Å². The van der Waals surface area contributed by atoms with E-state index in [4.69, 9.17) is 0 Å². The lowest BCUT2D eigenvalue weighted by Crippen LogP contribution is -1.88. The van der Waals surface area contributed by atoms with Crippen LogP contribution in [0.3, 0.4) is 0 Å². The van der Waals surface area contributed by atoms with E-state index >= 15 is 0 Å². The quantitative estimate of drug-likeness (QED) is 0.554. The minimum Gasteiger partial charge on any atom is -0.0757 e. The Bertz CT molecular complexity index is 508. The third-order valence-electron chi connectivity index (χ3n) is 2.39. The summed E-state index contributed by atoms with van der Waals surface area (Å²) in [5.41, 5.74) is 2.65. The summed E-state index contributed by atoms with van der Waals surface area (Å²) in [7, 11) is 0. The smallest absolute Gasteiger partial charge is 0.0757 e. The summed E-state index contributed by atoms with van der Waals surface area (Å²) in [6.45, 7) is 4.27. The third-order valence-corrected chi connectivity index (χ3v) is 3.59. The summed E-state index contributed by atoms with van der Waals surface area (Å²) in [6.07, 6.45) is 2.24. The average Bonchev–Trinajstić information content (AvgIpc) is 2.32. The highest BCUT2D eigenvalue weighted by molar-refractivity contribution is 7.78. The van der Waals surface area contributed by atoms with Gasteiger partial charge in [0.2, 0.25) is 0 Å². The van der Waals surface area contributed by atoms with Gasteiger partial charge in [-0.25, -0.2) is 0 Å². The molecule has 0 saturated carbocycles. The first-order valence-electron chi connectivity index (χ1n) is 5.76. The van der Waals surface area contributed by atoms with Gasteiger partial charge < -0.3 is 0 Å². The van der Waals surface area contributed by atoms with E-state index < -0.39 is 0 Å². The fourth-order valence-electron chi connectivity index (χ4n) is 1.66. The molecule has 1 heteroatoms. The van der Waals surface area contributed by atoms with Crippen molar-refractivity contribution in [3.8, 4) is 0 Å². The molecule has 0 aromatic heterocycles. The Hall–Kier alpha value is -1.47. The standard InChI is InChI=1S/C16H16S/c1-13(2)12-14-8-6-7-11-16(14)17-15-9-4-3-5-10-15/h3-12H,1-2H3/p+1. The fraction of sp³-hybridized carbons (Fsp3) is 0.125. The summed E-state index contributed by atoms with van der Waals surface area (Å²) >= 11 is 1.27. The number of thiol groups is 1. The van der Waals surface area contributed by atoms with Crippen molar-refractivity contribution in [3.63, 3.8) is 0 Å². The zero-order valence-corrected chi connectivity index (χ0v) is 11.1. The Labute approximate surface area is 107 Å². The van der Waals surface area contributed by atoms with Gasteiger partial charge in [-0.2, -0.15) is 0 Å². The lowest BCUT2D eigenvalue weighted by Gasteiger charge is -1.99. The molecule has 0 spiro atoms. The molecular formula is C16H17S+. The van der Waals surface area contributed by atoms with E-state index in [0.29, 0.717) is 0 Å². The maximum absolute atomic E-state index is 2.24. The Morgan fingerprint density at radius 2 is 1.53 bits per heavy atom. The van der Waals surface area contributed by atoms with Crippen molar-refractivity contribution < 1.29 is 0 Å². The molecule has 0 unspecified atom stereocenters. The van der Waals surface area contributed by atoms with Crippen LogP contribution in [0.5, 0.6) is 0 Å². The topological polar surface area (TPSA) is 0 Å². The van der Waals surface area contributed by atoms with E-state index in [1.807, 2.05) is 0 Å². The molecule has 0 radical (unpaired) electrons. The minimum atomic E-state index is 1.27. The van der Waals surface area contributed by atoms with E-state index in [-0.39, 0.29) is 0 Å². The summed E-state index contributed by atoms with van der Waals surface area (Å²) < 4.78 is 0. The molecule has 0 aliphatic rings. The minimum absolute atomic E-state index is 1.27. The molecule has 2 aromatic carbocycles. The van der Waals surface area contributed by atoms with E-state index in [1.54, 1.807) is 0 Å². The van der Waals surface area contributed by atoms with Crippen molar-refractivity contribution in [2.24, 2.45) is 0 Å². The van der Waals surface area contributed by atoms with E-state index in [1.165, 1.54) is 32.7 Å². The predicted octanol–water partition coefficient (Wildman–Crippen LogP) is 4.34. The largest absolute Gasteiger partial charge is 0.165 e. The Morgan fingerprint density at radius 1 is 0.882 bits per heavy atom. The number of rotatable bonds is 3. The van der Waals surface area contributed by atoms with Crippen LogP contribution in [0.4, 0.5) is 0 Å². The number of hydrogen-bond donors (Lipinski definition) is 0. The van der Waals surface area contributed by atoms with Gasteiger partial charge >= 0.3 is 0 Å². The molecule has 0 aliphatic carbocycles. The van der Waals surface area contributed by atoms with E-state index in [0.717, 1.165) is 0 Å². The summed E-state index contributed by atoms with van der Waals surface area (Å²) in [6, 6.07) is 19.1. The van der Waals surface area contributed by atoms with E-state index in [9.17, 15) is 0 Å². The molecule has 17 heavy (non-hydrogen) atoms. The van der Waals surface area contributed by atoms with Crippen molar-refractivity contribution in [1.29, 1.82) is 0 Å². The maximum atomic E-state index is 2.24. The summed E-state index contributed by atoms with van der Waals surface area (Å²) in [5, 5.41) is 0. The summed E-state index contributed by atoms with van der Waals surface area (Å²) in [5.74, 6) is 0. The van der Waals surface area contributed by atoms with Gasteiger partial charge in [0, 0.05) is 17.3 Å². The zero-order valence-electron chi connectivity index (χ0n) is 10.2. The molecule has 0 atom stereocenters. The highest BCUT2D eigenvalue weighted by atomic mass is 32.2. The fourth-order valence-corrected chi connectivity index (χ4v) is 2.69. The van der Waals surface area contributed by atoms with Crippen molar-refractivity contribution in [3.05, 3.63) is 65.7 Å². The van der Waals surface area contributed by atoms with Crippen LogP contribution in [0.15, 0.2) is 70.0 Å². The molecule has 0 saturated heterocycles. The van der Waals surface area contributed by atoms with Crippen LogP contribution in [0, 0.1) is 0 Å². The van der Waals surface area contributed by atoms with Crippen LogP contribution in [-0.2, 0) is 11.8 Å². The van der Waals surface area contributed by atoms with Gasteiger partial charge in [0.25, 0.3) is 0 Å². The van der Waals surface area contributed by atoms with Crippen LogP contribution >= 0.6 is 0 Å².